The molecule has 2 aliphatic rings. The number of aliphatic hydroxyl groups excluding tert-OH is 1. The lowest BCUT2D eigenvalue weighted by atomic mass is 9.99. The molecule has 0 atom stereocenters. The molecule has 0 unspecified atom stereocenters. The molecule has 6 rings (SSSR count). The van der Waals surface area contributed by atoms with Crippen molar-refractivity contribution in [1.82, 2.24) is 19.8 Å². The molecule has 2 N–H and O–H groups in total. The lowest BCUT2D eigenvalue weighted by Crippen LogP contribution is -2.46. The van der Waals surface area contributed by atoms with Gasteiger partial charge in [-0.05, 0) is 36.1 Å². The van der Waals surface area contributed by atoms with Gasteiger partial charge in [0, 0.05) is 62.5 Å². The molecule has 38 heavy (non-hydrogen) atoms. The van der Waals surface area contributed by atoms with Gasteiger partial charge in [0.05, 0.1) is 12.1 Å². The van der Waals surface area contributed by atoms with E-state index < -0.39 is 0 Å². The zero-order chi connectivity index (χ0) is 25.4. The van der Waals surface area contributed by atoms with Gasteiger partial charge in [-0.3, -0.25) is 4.79 Å². The molecular formula is C30H34ClN5O2. The van der Waals surface area contributed by atoms with Gasteiger partial charge < -0.3 is 24.8 Å². The summed E-state index contributed by atoms with van der Waals surface area (Å²) in [7, 11) is 0. The Balaban J connectivity index is 0.00000294. The van der Waals surface area contributed by atoms with Gasteiger partial charge >= 0.3 is 0 Å². The number of anilines is 1. The molecule has 2 aromatic carbocycles. The monoisotopic (exact) mass is 531 g/mol. The molecule has 0 radical (unpaired) electrons. The third kappa shape index (κ3) is 4.77. The summed E-state index contributed by atoms with van der Waals surface area (Å²) in [6.45, 7) is 7.14. The number of nitrogens with zero attached hydrogens (tertiary/aromatic N) is 4. The fourth-order valence-corrected chi connectivity index (χ4v) is 5.75. The normalized spacial score (nSPS) is 15.3. The molecule has 1 saturated heterocycles. The fourth-order valence-electron chi connectivity index (χ4n) is 5.75. The van der Waals surface area contributed by atoms with Gasteiger partial charge in [0.2, 0.25) is 0 Å². The van der Waals surface area contributed by atoms with Gasteiger partial charge in [-0.2, -0.15) is 0 Å². The predicted molar refractivity (Wildman–Crippen MR) is 153 cm³/mol. The van der Waals surface area contributed by atoms with E-state index in [0.717, 1.165) is 60.6 Å². The Labute approximate surface area is 229 Å². The van der Waals surface area contributed by atoms with E-state index in [1.807, 2.05) is 29.2 Å². The lowest BCUT2D eigenvalue weighted by molar-refractivity contribution is 0.0730. The summed E-state index contributed by atoms with van der Waals surface area (Å²) >= 11 is 0. The number of aromatic nitrogens is 2. The molecule has 198 valence electrons. The Morgan fingerprint density at radius 2 is 1.71 bits per heavy atom. The number of benzene rings is 2. The van der Waals surface area contributed by atoms with Crippen molar-refractivity contribution in [1.29, 1.82) is 0 Å². The molecular weight excluding hydrogens is 498 g/mol. The van der Waals surface area contributed by atoms with E-state index in [2.05, 4.69) is 58.1 Å². The van der Waals surface area contributed by atoms with Crippen LogP contribution in [0.1, 0.15) is 38.4 Å². The van der Waals surface area contributed by atoms with Crippen LogP contribution >= 0.6 is 12.4 Å². The van der Waals surface area contributed by atoms with Crippen LogP contribution in [0.4, 0.5) is 5.82 Å². The van der Waals surface area contributed by atoms with Crippen molar-refractivity contribution in [3.05, 3.63) is 94.3 Å². The van der Waals surface area contributed by atoms with E-state index in [4.69, 9.17) is 4.98 Å². The number of hydrogen-bond acceptors (Lipinski definition) is 5. The summed E-state index contributed by atoms with van der Waals surface area (Å²) in [4.78, 5) is 22.9. The number of halogens is 1. The Hall–Kier alpha value is -3.39. The van der Waals surface area contributed by atoms with Crippen LogP contribution in [0.15, 0.2) is 60.7 Å². The van der Waals surface area contributed by atoms with Crippen molar-refractivity contribution in [3.8, 4) is 0 Å². The number of fused-ring (bicyclic) bond motifs is 2. The first-order valence-electron chi connectivity index (χ1n) is 13.1. The SMILES string of the molecule is Cc1c(CO)c2cc(C(=O)N3CCNCC3)nc(N3CCc4ccccc4C3)c2n1Cc1ccccc1.Cl. The van der Waals surface area contributed by atoms with E-state index in [1.54, 1.807) is 0 Å². The number of carbonyl (C=O) groups is 1. The molecule has 0 spiro atoms. The number of nitrogens with one attached hydrogen (secondary N) is 1. The average molecular weight is 532 g/mol. The Morgan fingerprint density at radius 1 is 1.00 bits per heavy atom. The molecule has 8 heteroatoms. The molecule has 0 bridgehead atoms. The Kier molecular flexibility index (Phi) is 7.70. The van der Waals surface area contributed by atoms with E-state index in [9.17, 15) is 9.90 Å². The Bertz CT molecular complexity index is 1450. The number of piperazine rings is 1. The van der Waals surface area contributed by atoms with Gasteiger partial charge in [-0.25, -0.2) is 4.98 Å². The number of rotatable bonds is 5. The number of hydrogen-bond donors (Lipinski definition) is 2. The molecule has 2 aliphatic heterocycles. The predicted octanol–water partition coefficient (Wildman–Crippen LogP) is 3.92. The molecule has 1 fully saturated rings. The van der Waals surface area contributed by atoms with Crippen molar-refractivity contribution in [2.75, 3.05) is 37.6 Å². The second-order valence-electron chi connectivity index (χ2n) is 10.0. The summed E-state index contributed by atoms with van der Waals surface area (Å²) in [6.07, 6.45) is 0.931. The first-order chi connectivity index (χ1) is 18.1. The van der Waals surface area contributed by atoms with Gasteiger partial charge in [0.1, 0.15) is 5.69 Å². The second kappa shape index (κ2) is 11.2. The fraction of sp³-hybridized carbons (Fsp3) is 0.333. The molecule has 0 aliphatic carbocycles. The lowest BCUT2D eigenvalue weighted by Gasteiger charge is -2.32. The second-order valence-corrected chi connectivity index (χ2v) is 10.0. The highest BCUT2D eigenvalue weighted by molar-refractivity contribution is 6.01. The average Bonchev–Trinajstić information content (AvgIpc) is 3.22. The van der Waals surface area contributed by atoms with E-state index in [-0.39, 0.29) is 24.9 Å². The minimum Gasteiger partial charge on any atom is -0.392 e. The topological polar surface area (TPSA) is 73.6 Å². The maximum Gasteiger partial charge on any atom is 0.272 e. The first-order valence-corrected chi connectivity index (χ1v) is 13.1. The van der Waals surface area contributed by atoms with E-state index >= 15 is 0 Å². The summed E-state index contributed by atoms with van der Waals surface area (Å²) in [6, 6.07) is 20.8. The zero-order valence-electron chi connectivity index (χ0n) is 21.7. The standard InChI is InChI=1S/C30H33N5O2.ClH/c1-21-26(20-36)25-17-27(30(37)33-15-12-31-13-16-33)32-29(28(25)35(21)18-22-7-3-2-4-8-22)34-14-11-23-9-5-6-10-24(23)19-34;/h2-10,17,31,36H,11-16,18-20H2,1H3;1H. The maximum atomic E-state index is 13.6. The van der Waals surface area contributed by atoms with Crippen molar-refractivity contribution in [3.63, 3.8) is 0 Å². The number of amides is 1. The summed E-state index contributed by atoms with van der Waals surface area (Å²) in [5.74, 6) is 0.781. The van der Waals surface area contributed by atoms with Crippen LogP contribution in [0.5, 0.6) is 0 Å². The van der Waals surface area contributed by atoms with Crippen molar-refractivity contribution < 1.29 is 9.90 Å². The van der Waals surface area contributed by atoms with Gasteiger partial charge in [0.15, 0.2) is 5.82 Å². The van der Waals surface area contributed by atoms with Gasteiger partial charge in [-0.1, -0.05) is 54.6 Å². The van der Waals surface area contributed by atoms with Crippen LogP contribution < -0.4 is 10.2 Å². The van der Waals surface area contributed by atoms with Crippen LogP contribution in [-0.4, -0.2) is 58.2 Å². The van der Waals surface area contributed by atoms with Crippen molar-refractivity contribution >= 4 is 35.0 Å². The number of aliphatic hydroxyl groups is 1. The summed E-state index contributed by atoms with van der Waals surface area (Å²) < 4.78 is 2.26. The highest BCUT2D eigenvalue weighted by atomic mass is 35.5. The number of carbonyl (C=O) groups excluding carboxylic acids is 1. The molecule has 4 aromatic rings. The van der Waals surface area contributed by atoms with Crippen molar-refractivity contribution in [2.24, 2.45) is 0 Å². The largest absolute Gasteiger partial charge is 0.392 e. The third-order valence-corrected chi connectivity index (χ3v) is 7.81. The minimum atomic E-state index is -0.0856. The molecule has 0 saturated carbocycles. The first kappa shape index (κ1) is 26.2. The minimum absolute atomic E-state index is 0. The van der Waals surface area contributed by atoms with Crippen LogP contribution in [-0.2, 0) is 26.1 Å². The molecule has 7 nitrogen and oxygen atoms in total. The Morgan fingerprint density at radius 3 is 2.45 bits per heavy atom. The quantitative estimate of drug-likeness (QED) is 0.408. The van der Waals surface area contributed by atoms with E-state index in [1.165, 1.54) is 16.7 Å². The van der Waals surface area contributed by atoms with Crippen LogP contribution in [0.25, 0.3) is 10.9 Å². The molecule has 1 amide bonds. The maximum absolute atomic E-state index is 13.6. The van der Waals surface area contributed by atoms with Crippen LogP contribution in [0.3, 0.4) is 0 Å². The summed E-state index contributed by atoms with van der Waals surface area (Å²) in [5, 5.41) is 14.7. The van der Waals surface area contributed by atoms with Gasteiger partial charge in [-0.15, -0.1) is 12.4 Å². The zero-order valence-corrected chi connectivity index (χ0v) is 22.5. The molecule has 2 aromatic heterocycles. The smallest absolute Gasteiger partial charge is 0.272 e. The van der Waals surface area contributed by atoms with Gasteiger partial charge in [0.25, 0.3) is 5.91 Å². The summed E-state index contributed by atoms with van der Waals surface area (Å²) in [5.41, 5.74) is 7.16. The highest BCUT2D eigenvalue weighted by Crippen LogP contribution is 2.36. The van der Waals surface area contributed by atoms with E-state index in [0.29, 0.717) is 25.3 Å². The van der Waals surface area contributed by atoms with Crippen molar-refractivity contribution in [2.45, 2.75) is 33.0 Å². The molecule has 4 heterocycles. The van der Waals surface area contributed by atoms with Crippen LogP contribution in [0, 0.1) is 6.92 Å². The van der Waals surface area contributed by atoms with Crippen LogP contribution in [0.2, 0.25) is 0 Å². The third-order valence-electron chi connectivity index (χ3n) is 7.81. The number of pyridine rings is 1. The highest BCUT2D eigenvalue weighted by Gasteiger charge is 2.28.